The molecule has 2 rings (SSSR count). The minimum absolute atomic E-state index is 0.184. The van der Waals surface area contributed by atoms with E-state index < -0.39 is 0 Å². The van der Waals surface area contributed by atoms with Gasteiger partial charge in [0.1, 0.15) is 0 Å². The van der Waals surface area contributed by atoms with Gasteiger partial charge in [0.05, 0.1) is 0 Å². The Bertz CT molecular complexity index is 377. The largest absolute Gasteiger partial charge is 0.334 e. The predicted molar refractivity (Wildman–Crippen MR) is 64.9 cm³/mol. The van der Waals surface area contributed by atoms with Gasteiger partial charge in [-0.05, 0) is 31.2 Å². The number of benzene rings is 1. The molecular weight excluding hydrogens is 226 g/mol. The lowest BCUT2D eigenvalue weighted by Crippen LogP contribution is -2.39. The van der Waals surface area contributed by atoms with Crippen molar-refractivity contribution < 1.29 is 4.79 Å². The molecule has 16 heavy (non-hydrogen) atoms. The summed E-state index contributed by atoms with van der Waals surface area (Å²) >= 11 is 5.82. The lowest BCUT2D eigenvalue weighted by molar-refractivity contribution is 0.249. The maximum Gasteiger partial charge on any atom is 0.319 e. The highest BCUT2D eigenvalue weighted by atomic mass is 35.5. The first kappa shape index (κ1) is 11.2. The summed E-state index contributed by atoms with van der Waals surface area (Å²) in [7, 11) is 0. The third-order valence-corrected chi connectivity index (χ3v) is 2.71. The van der Waals surface area contributed by atoms with Crippen LogP contribution in [0.3, 0.4) is 0 Å². The minimum Gasteiger partial charge on any atom is -0.334 e. The van der Waals surface area contributed by atoms with Crippen LogP contribution in [-0.2, 0) is 0 Å². The standard InChI is InChI=1S/C11H14ClN3O/c12-8-2-1-3-9(6-8)14-11(16)15-10-4-5-13-7-10/h1-3,6,10,13H,4-5,7H2,(H2,14,15,16)/t10-/m0/s1. The zero-order valence-corrected chi connectivity index (χ0v) is 9.55. The Hall–Kier alpha value is -1.26. The van der Waals surface area contributed by atoms with Crippen LogP contribution in [0.25, 0.3) is 0 Å². The molecule has 1 aliphatic rings. The Balaban J connectivity index is 1.86. The molecule has 0 unspecified atom stereocenters. The smallest absolute Gasteiger partial charge is 0.319 e. The van der Waals surface area contributed by atoms with E-state index in [0.717, 1.165) is 19.5 Å². The maximum absolute atomic E-state index is 11.6. The number of hydrogen-bond donors (Lipinski definition) is 3. The van der Waals surface area contributed by atoms with Crippen molar-refractivity contribution in [1.82, 2.24) is 10.6 Å². The average Bonchev–Trinajstić information content (AvgIpc) is 2.70. The van der Waals surface area contributed by atoms with Gasteiger partial charge in [-0.3, -0.25) is 0 Å². The quantitative estimate of drug-likeness (QED) is 0.738. The summed E-state index contributed by atoms with van der Waals surface area (Å²) in [4.78, 5) is 11.6. The van der Waals surface area contributed by atoms with E-state index in [9.17, 15) is 4.79 Å². The van der Waals surface area contributed by atoms with Crippen molar-refractivity contribution in [3.05, 3.63) is 29.3 Å². The summed E-state index contributed by atoms with van der Waals surface area (Å²) in [6.45, 7) is 1.80. The Kier molecular flexibility index (Phi) is 3.64. The molecule has 1 fully saturated rings. The number of carbonyl (C=O) groups is 1. The van der Waals surface area contributed by atoms with E-state index in [4.69, 9.17) is 11.6 Å². The summed E-state index contributed by atoms with van der Waals surface area (Å²) in [5.41, 5.74) is 0.705. The lowest BCUT2D eigenvalue weighted by Gasteiger charge is -2.12. The number of nitrogens with one attached hydrogen (secondary N) is 3. The van der Waals surface area contributed by atoms with Crippen LogP contribution in [0.4, 0.5) is 10.5 Å². The minimum atomic E-state index is -0.184. The first-order valence-electron chi connectivity index (χ1n) is 5.28. The number of rotatable bonds is 2. The topological polar surface area (TPSA) is 53.2 Å². The third kappa shape index (κ3) is 3.12. The Morgan fingerprint density at radius 3 is 3.06 bits per heavy atom. The van der Waals surface area contributed by atoms with E-state index in [1.807, 2.05) is 0 Å². The molecule has 4 nitrogen and oxygen atoms in total. The Morgan fingerprint density at radius 2 is 2.38 bits per heavy atom. The fourth-order valence-corrected chi connectivity index (χ4v) is 1.89. The van der Waals surface area contributed by atoms with Gasteiger partial charge >= 0.3 is 6.03 Å². The van der Waals surface area contributed by atoms with Gasteiger partial charge in [-0.25, -0.2) is 4.79 Å². The molecule has 0 saturated carbocycles. The van der Waals surface area contributed by atoms with Crippen LogP contribution in [0.2, 0.25) is 5.02 Å². The molecule has 0 aliphatic carbocycles. The van der Waals surface area contributed by atoms with E-state index in [1.54, 1.807) is 24.3 Å². The SMILES string of the molecule is O=C(Nc1cccc(Cl)c1)N[C@H]1CCNC1. The molecule has 0 spiro atoms. The van der Waals surface area contributed by atoms with E-state index in [0.29, 0.717) is 10.7 Å². The molecule has 0 bridgehead atoms. The molecule has 3 N–H and O–H groups in total. The van der Waals surface area contributed by atoms with Gasteiger partial charge in [-0.15, -0.1) is 0 Å². The van der Waals surface area contributed by atoms with Crippen molar-refractivity contribution >= 4 is 23.3 Å². The van der Waals surface area contributed by atoms with Crippen molar-refractivity contribution in [1.29, 1.82) is 0 Å². The molecular formula is C11H14ClN3O. The molecule has 1 aromatic carbocycles. The zero-order chi connectivity index (χ0) is 11.4. The van der Waals surface area contributed by atoms with Crippen LogP contribution in [-0.4, -0.2) is 25.2 Å². The number of hydrogen-bond acceptors (Lipinski definition) is 2. The molecule has 1 atom stereocenters. The molecule has 2 amide bonds. The number of amides is 2. The molecule has 86 valence electrons. The van der Waals surface area contributed by atoms with Crippen LogP contribution in [0.15, 0.2) is 24.3 Å². The summed E-state index contributed by atoms with van der Waals surface area (Å²) in [5, 5.41) is 9.44. The van der Waals surface area contributed by atoms with Gasteiger partial charge in [0, 0.05) is 23.3 Å². The summed E-state index contributed by atoms with van der Waals surface area (Å²) in [6.07, 6.45) is 0.975. The number of urea groups is 1. The Labute approximate surface area is 99.4 Å². The fourth-order valence-electron chi connectivity index (χ4n) is 1.70. The zero-order valence-electron chi connectivity index (χ0n) is 8.79. The van der Waals surface area contributed by atoms with E-state index >= 15 is 0 Å². The number of anilines is 1. The normalized spacial score (nSPS) is 19.4. The Morgan fingerprint density at radius 1 is 1.50 bits per heavy atom. The second-order valence-electron chi connectivity index (χ2n) is 3.80. The third-order valence-electron chi connectivity index (χ3n) is 2.48. The van der Waals surface area contributed by atoms with E-state index in [2.05, 4.69) is 16.0 Å². The highest BCUT2D eigenvalue weighted by Crippen LogP contribution is 2.14. The molecule has 0 aromatic heterocycles. The number of halogens is 1. The van der Waals surface area contributed by atoms with Gasteiger partial charge in [-0.2, -0.15) is 0 Å². The van der Waals surface area contributed by atoms with Crippen LogP contribution < -0.4 is 16.0 Å². The summed E-state index contributed by atoms with van der Waals surface area (Å²) in [5.74, 6) is 0. The van der Waals surface area contributed by atoms with Crippen molar-refractivity contribution in [3.63, 3.8) is 0 Å². The lowest BCUT2D eigenvalue weighted by atomic mass is 10.3. The van der Waals surface area contributed by atoms with Gasteiger partial charge in [0.25, 0.3) is 0 Å². The van der Waals surface area contributed by atoms with Crippen LogP contribution in [0.1, 0.15) is 6.42 Å². The van der Waals surface area contributed by atoms with Crippen LogP contribution in [0, 0.1) is 0 Å². The van der Waals surface area contributed by atoms with E-state index in [-0.39, 0.29) is 12.1 Å². The second kappa shape index (κ2) is 5.18. The molecule has 1 aliphatic heterocycles. The summed E-state index contributed by atoms with van der Waals surface area (Å²) < 4.78 is 0. The van der Waals surface area contributed by atoms with Gasteiger partial charge in [-0.1, -0.05) is 17.7 Å². The van der Waals surface area contributed by atoms with Crippen molar-refractivity contribution in [3.8, 4) is 0 Å². The van der Waals surface area contributed by atoms with Crippen LogP contribution in [0.5, 0.6) is 0 Å². The predicted octanol–water partition coefficient (Wildman–Crippen LogP) is 1.82. The summed E-state index contributed by atoms with van der Waals surface area (Å²) in [6, 6.07) is 7.13. The van der Waals surface area contributed by atoms with Gasteiger partial charge in [0.2, 0.25) is 0 Å². The first-order chi connectivity index (χ1) is 7.74. The highest BCUT2D eigenvalue weighted by Gasteiger charge is 2.16. The molecule has 5 heteroatoms. The fraction of sp³-hybridized carbons (Fsp3) is 0.364. The number of carbonyl (C=O) groups excluding carboxylic acids is 1. The molecule has 1 heterocycles. The van der Waals surface area contributed by atoms with E-state index in [1.165, 1.54) is 0 Å². The van der Waals surface area contributed by atoms with Crippen molar-refractivity contribution in [2.75, 3.05) is 18.4 Å². The van der Waals surface area contributed by atoms with Gasteiger partial charge in [0.15, 0.2) is 0 Å². The first-order valence-corrected chi connectivity index (χ1v) is 5.65. The molecule has 1 aromatic rings. The van der Waals surface area contributed by atoms with Crippen molar-refractivity contribution in [2.24, 2.45) is 0 Å². The van der Waals surface area contributed by atoms with Crippen molar-refractivity contribution in [2.45, 2.75) is 12.5 Å². The molecule has 1 saturated heterocycles. The van der Waals surface area contributed by atoms with Crippen LogP contribution >= 0.6 is 11.6 Å². The maximum atomic E-state index is 11.6. The highest BCUT2D eigenvalue weighted by molar-refractivity contribution is 6.30. The second-order valence-corrected chi connectivity index (χ2v) is 4.23. The molecule has 0 radical (unpaired) electrons. The van der Waals surface area contributed by atoms with Gasteiger partial charge < -0.3 is 16.0 Å². The average molecular weight is 240 g/mol. The monoisotopic (exact) mass is 239 g/mol.